The van der Waals surface area contributed by atoms with Crippen molar-refractivity contribution in [3.05, 3.63) is 0 Å². The third-order valence-electron chi connectivity index (χ3n) is 6.88. The smallest absolute Gasteiger partial charge is 0.0700 e. The Bertz CT molecular complexity index is 362. The zero-order chi connectivity index (χ0) is 14.4. The van der Waals surface area contributed by atoms with E-state index in [0.29, 0.717) is 19.1 Å². The Balaban J connectivity index is 1.86. The molecule has 3 fully saturated rings. The van der Waals surface area contributed by atoms with Gasteiger partial charge in [0.1, 0.15) is 0 Å². The fraction of sp³-hybridized carbons (Fsp3) is 1.00. The van der Waals surface area contributed by atoms with Gasteiger partial charge in [-0.2, -0.15) is 0 Å². The van der Waals surface area contributed by atoms with Gasteiger partial charge in [0.25, 0.3) is 0 Å². The standard InChI is InChI=1S/C17H30O3/c1-15(2,18)17-8-4-7-16(17,12-20-10-9-19-3)13-5-6-14(17)11-13/h13-14,18H,4-12H2,1-3H3. The zero-order valence-electron chi connectivity index (χ0n) is 13.3. The number of hydrogen-bond donors (Lipinski definition) is 1. The van der Waals surface area contributed by atoms with E-state index in [-0.39, 0.29) is 10.8 Å². The van der Waals surface area contributed by atoms with Gasteiger partial charge in [-0.25, -0.2) is 0 Å². The first-order valence-electron chi connectivity index (χ1n) is 8.27. The number of rotatable bonds is 6. The second-order valence-corrected chi connectivity index (χ2v) is 7.79. The molecule has 0 radical (unpaired) electrons. The second kappa shape index (κ2) is 4.96. The average molecular weight is 282 g/mol. The maximum Gasteiger partial charge on any atom is 0.0700 e. The lowest BCUT2D eigenvalue weighted by Gasteiger charge is -2.55. The molecule has 3 heteroatoms. The van der Waals surface area contributed by atoms with Crippen LogP contribution in [-0.2, 0) is 9.47 Å². The fourth-order valence-electron chi connectivity index (χ4n) is 6.39. The van der Waals surface area contributed by atoms with E-state index in [1.807, 2.05) is 13.8 Å². The number of ether oxygens (including phenoxy) is 2. The number of methoxy groups -OCH3 is 1. The quantitative estimate of drug-likeness (QED) is 0.761. The number of fused-ring (bicyclic) bond motifs is 5. The highest BCUT2D eigenvalue weighted by Crippen LogP contribution is 2.76. The first-order chi connectivity index (χ1) is 9.48. The van der Waals surface area contributed by atoms with Crippen LogP contribution in [0.1, 0.15) is 52.4 Å². The van der Waals surface area contributed by atoms with Crippen LogP contribution in [-0.4, -0.2) is 37.6 Å². The molecule has 4 unspecified atom stereocenters. The lowest BCUT2D eigenvalue weighted by atomic mass is 9.52. The van der Waals surface area contributed by atoms with Crippen molar-refractivity contribution in [2.75, 3.05) is 26.9 Å². The molecule has 0 aromatic rings. The van der Waals surface area contributed by atoms with Gasteiger partial charge < -0.3 is 14.6 Å². The van der Waals surface area contributed by atoms with Crippen molar-refractivity contribution in [2.45, 2.75) is 58.0 Å². The highest BCUT2D eigenvalue weighted by molar-refractivity contribution is 5.21. The van der Waals surface area contributed by atoms with Gasteiger partial charge in [0, 0.05) is 17.9 Å². The van der Waals surface area contributed by atoms with Crippen molar-refractivity contribution in [3.63, 3.8) is 0 Å². The number of aliphatic hydroxyl groups is 1. The van der Waals surface area contributed by atoms with Crippen LogP contribution in [0.2, 0.25) is 0 Å². The Labute approximate surface area is 123 Å². The molecule has 3 aliphatic rings. The molecule has 2 bridgehead atoms. The van der Waals surface area contributed by atoms with Crippen molar-refractivity contribution >= 4 is 0 Å². The van der Waals surface area contributed by atoms with Crippen LogP contribution in [0.25, 0.3) is 0 Å². The molecule has 1 N–H and O–H groups in total. The third-order valence-corrected chi connectivity index (χ3v) is 6.88. The maximum atomic E-state index is 11.0. The largest absolute Gasteiger partial charge is 0.390 e. The molecule has 3 rings (SSSR count). The maximum absolute atomic E-state index is 11.0. The van der Waals surface area contributed by atoms with Crippen molar-refractivity contribution in [1.82, 2.24) is 0 Å². The van der Waals surface area contributed by atoms with Gasteiger partial charge in [-0.15, -0.1) is 0 Å². The van der Waals surface area contributed by atoms with Gasteiger partial charge in [-0.05, 0) is 57.8 Å². The summed E-state index contributed by atoms with van der Waals surface area (Å²) in [6.45, 7) is 6.25. The molecule has 0 aliphatic heterocycles. The van der Waals surface area contributed by atoms with Crippen molar-refractivity contribution in [1.29, 1.82) is 0 Å². The van der Waals surface area contributed by atoms with Crippen LogP contribution < -0.4 is 0 Å². The molecular formula is C17H30O3. The van der Waals surface area contributed by atoms with Gasteiger partial charge in [0.2, 0.25) is 0 Å². The summed E-state index contributed by atoms with van der Waals surface area (Å²) < 4.78 is 11.1. The molecule has 3 nitrogen and oxygen atoms in total. The molecule has 3 saturated carbocycles. The van der Waals surface area contributed by atoms with Crippen LogP contribution in [0.4, 0.5) is 0 Å². The fourth-order valence-corrected chi connectivity index (χ4v) is 6.39. The van der Waals surface area contributed by atoms with E-state index < -0.39 is 5.60 Å². The summed E-state index contributed by atoms with van der Waals surface area (Å²) in [7, 11) is 1.72. The van der Waals surface area contributed by atoms with Crippen LogP contribution in [0.5, 0.6) is 0 Å². The topological polar surface area (TPSA) is 38.7 Å². The first-order valence-corrected chi connectivity index (χ1v) is 8.27. The second-order valence-electron chi connectivity index (χ2n) is 7.79. The Morgan fingerprint density at radius 1 is 1.15 bits per heavy atom. The molecule has 0 aromatic carbocycles. The highest BCUT2D eigenvalue weighted by atomic mass is 16.5. The Morgan fingerprint density at radius 3 is 2.60 bits per heavy atom. The summed E-state index contributed by atoms with van der Waals surface area (Å²) in [5.41, 5.74) is -0.272. The summed E-state index contributed by atoms with van der Waals surface area (Å²) in [4.78, 5) is 0. The number of hydrogen-bond acceptors (Lipinski definition) is 3. The van der Waals surface area contributed by atoms with Crippen LogP contribution in [0, 0.1) is 22.7 Å². The summed E-state index contributed by atoms with van der Waals surface area (Å²) in [5, 5.41) is 11.0. The summed E-state index contributed by atoms with van der Waals surface area (Å²) in [6.07, 6.45) is 7.66. The SMILES string of the molecule is COCCOCC12CCCC1(C(C)(C)O)C1CCC2C1. The first kappa shape index (κ1) is 14.8. The van der Waals surface area contributed by atoms with Gasteiger partial charge in [-0.3, -0.25) is 0 Å². The van der Waals surface area contributed by atoms with Crippen molar-refractivity contribution in [3.8, 4) is 0 Å². The highest BCUT2D eigenvalue weighted by Gasteiger charge is 2.73. The predicted octanol–water partition coefficient (Wildman–Crippen LogP) is 3.01. The van der Waals surface area contributed by atoms with Crippen LogP contribution in [0.15, 0.2) is 0 Å². The monoisotopic (exact) mass is 282 g/mol. The van der Waals surface area contributed by atoms with Crippen molar-refractivity contribution in [2.24, 2.45) is 22.7 Å². The molecule has 0 saturated heterocycles. The lowest BCUT2D eigenvalue weighted by molar-refractivity contribution is -0.171. The van der Waals surface area contributed by atoms with Crippen LogP contribution in [0.3, 0.4) is 0 Å². The van der Waals surface area contributed by atoms with E-state index in [1.54, 1.807) is 7.11 Å². The van der Waals surface area contributed by atoms with Gasteiger partial charge >= 0.3 is 0 Å². The minimum Gasteiger partial charge on any atom is -0.390 e. The minimum absolute atomic E-state index is 0.0932. The molecule has 0 aromatic heterocycles. The zero-order valence-corrected chi connectivity index (χ0v) is 13.3. The molecule has 116 valence electrons. The Hall–Kier alpha value is -0.120. The summed E-state index contributed by atoms with van der Waals surface area (Å²) >= 11 is 0. The molecule has 0 heterocycles. The minimum atomic E-state index is -0.589. The van der Waals surface area contributed by atoms with Crippen LogP contribution >= 0.6 is 0 Å². The van der Waals surface area contributed by atoms with E-state index in [9.17, 15) is 5.11 Å². The van der Waals surface area contributed by atoms with Gasteiger partial charge in [0.05, 0.1) is 25.4 Å². The van der Waals surface area contributed by atoms with E-state index in [1.165, 1.54) is 38.5 Å². The van der Waals surface area contributed by atoms with E-state index in [2.05, 4.69) is 0 Å². The Morgan fingerprint density at radius 2 is 1.90 bits per heavy atom. The molecule has 0 spiro atoms. The summed E-state index contributed by atoms with van der Waals surface area (Å²) in [5.74, 6) is 1.48. The normalized spacial score (nSPS) is 43.2. The lowest BCUT2D eigenvalue weighted by Crippen LogP contribution is -2.57. The van der Waals surface area contributed by atoms with E-state index >= 15 is 0 Å². The molecule has 0 amide bonds. The summed E-state index contributed by atoms with van der Waals surface area (Å²) in [6, 6.07) is 0. The predicted molar refractivity (Wildman–Crippen MR) is 78.5 cm³/mol. The molecule has 3 aliphatic carbocycles. The van der Waals surface area contributed by atoms with E-state index in [4.69, 9.17) is 9.47 Å². The molecule has 20 heavy (non-hydrogen) atoms. The Kier molecular flexibility index (Phi) is 3.67. The van der Waals surface area contributed by atoms with Crippen molar-refractivity contribution < 1.29 is 14.6 Å². The third kappa shape index (κ3) is 1.75. The van der Waals surface area contributed by atoms with Gasteiger partial charge in [0.15, 0.2) is 0 Å². The van der Waals surface area contributed by atoms with Gasteiger partial charge in [-0.1, -0.05) is 6.42 Å². The van der Waals surface area contributed by atoms with E-state index in [0.717, 1.165) is 12.5 Å². The molecular weight excluding hydrogens is 252 g/mol. The average Bonchev–Trinajstić information content (AvgIpc) is 3.03. The molecule has 4 atom stereocenters.